The summed E-state index contributed by atoms with van der Waals surface area (Å²) in [6, 6.07) is 3.39. The molecule has 1 atom stereocenters. The first-order valence-corrected chi connectivity index (χ1v) is 6.51. The van der Waals surface area contributed by atoms with Crippen LogP contribution in [0.15, 0.2) is 36.9 Å². The average molecular weight is 275 g/mol. The lowest BCUT2D eigenvalue weighted by atomic mass is 10.0. The molecule has 1 aliphatic heterocycles. The molecule has 3 rings (SSSR count). The van der Waals surface area contributed by atoms with Crippen molar-refractivity contribution in [2.75, 3.05) is 11.9 Å². The minimum Gasteiger partial charge on any atom is -0.351 e. The van der Waals surface area contributed by atoms with Crippen molar-refractivity contribution >= 4 is 18.3 Å². The Balaban J connectivity index is 2.17. The van der Waals surface area contributed by atoms with Gasteiger partial charge >= 0.3 is 0 Å². The Hall–Kier alpha value is -1.75. The minimum absolute atomic E-state index is 0.0701. The number of hydrogen-bond acceptors (Lipinski definition) is 3. The second-order valence-electron chi connectivity index (χ2n) is 4.68. The molecular weight excluding hydrogens is 261 g/mol. The van der Waals surface area contributed by atoms with Crippen molar-refractivity contribution in [2.24, 2.45) is 0 Å². The van der Waals surface area contributed by atoms with Crippen LogP contribution in [0.4, 0.5) is 10.1 Å². The fourth-order valence-electron chi connectivity index (χ4n) is 2.25. The molecule has 0 fully saturated rings. The number of aryl methyl sites for hydroxylation is 1. The molecule has 0 spiro atoms. The summed E-state index contributed by atoms with van der Waals surface area (Å²) in [6.45, 7) is 1.88. The predicted octanol–water partition coefficient (Wildman–Crippen LogP) is 3.25. The third-order valence-corrected chi connectivity index (χ3v) is 3.73. The number of thiol groups is 1. The van der Waals surface area contributed by atoms with Gasteiger partial charge in [0.1, 0.15) is 5.82 Å². The van der Waals surface area contributed by atoms with Gasteiger partial charge in [-0.2, -0.15) is 12.6 Å². The maximum atomic E-state index is 14.2. The molecule has 98 valence electrons. The molecule has 1 aliphatic rings. The first-order chi connectivity index (χ1) is 9.06. The largest absolute Gasteiger partial charge is 0.351 e. The standard InChI is InChI=1S/C14H14FN3S/c1-9-7-18(8-16-9)13-6-12-10(5-11(13)15)14(19)3-4-17(12)2/h3-8,14,19H,1-2H3. The first kappa shape index (κ1) is 12.3. The van der Waals surface area contributed by atoms with Crippen LogP contribution in [0.25, 0.3) is 5.69 Å². The molecule has 0 amide bonds. The van der Waals surface area contributed by atoms with Crippen molar-refractivity contribution in [1.82, 2.24) is 9.55 Å². The number of halogens is 1. The van der Waals surface area contributed by atoms with Crippen LogP contribution in [0.2, 0.25) is 0 Å². The number of nitrogens with zero attached hydrogens (tertiary/aromatic N) is 3. The molecule has 2 heterocycles. The van der Waals surface area contributed by atoms with Crippen LogP contribution < -0.4 is 4.90 Å². The first-order valence-electron chi connectivity index (χ1n) is 6.00. The molecule has 1 unspecified atom stereocenters. The molecule has 0 radical (unpaired) electrons. The lowest BCUT2D eigenvalue weighted by molar-refractivity contribution is 0.616. The van der Waals surface area contributed by atoms with Crippen LogP contribution in [-0.4, -0.2) is 16.6 Å². The number of anilines is 1. The van der Waals surface area contributed by atoms with E-state index in [0.29, 0.717) is 5.69 Å². The summed E-state index contributed by atoms with van der Waals surface area (Å²) >= 11 is 4.45. The van der Waals surface area contributed by atoms with E-state index in [0.717, 1.165) is 16.9 Å². The third kappa shape index (κ3) is 2.04. The van der Waals surface area contributed by atoms with Crippen LogP contribution in [-0.2, 0) is 0 Å². The summed E-state index contributed by atoms with van der Waals surface area (Å²) in [4.78, 5) is 6.10. The third-order valence-electron chi connectivity index (χ3n) is 3.28. The van der Waals surface area contributed by atoms with Crippen LogP contribution in [0.1, 0.15) is 16.5 Å². The second kappa shape index (κ2) is 4.42. The molecule has 1 aromatic carbocycles. The SMILES string of the molecule is Cc1cn(-c2cc3c(cc2F)C(S)C=CN3C)cn1. The summed E-state index contributed by atoms with van der Waals surface area (Å²) in [7, 11) is 1.94. The maximum Gasteiger partial charge on any atom is 0.147 e. The molecule has 5 heteroatoms. The normalized spacial score (nSPS) is 17.7. The van der Waals surface area contributed by atoms with Gasteiger partial charge in [-0.05, 0) is 24.6 Å². The fourth-order valence-corrected chi connectivity index (χ4v) is 2.54. The van der Waals surface area contributed by atoms with Gasteiger partial charge in [-0.15, -0.1) is 0 Å². The van der Waals surface area contributed by atoms with E-state index < -0.39 is 0 Å². The zero-order valence-electron chi connectivity index (χ0n) is 10.7. The number of aromatic nitrogens is 2. The fraction of sp³-hybridized carbons (Fsp3) is 0.214. The molecule has 0 saturated carbocycles. The topological polar surface area (TPSA) is 21.1 Å². The van der Waals surface area contributed by atoms with Crippen molar-refractivity contribution in [3.05, 3.63) is 54.0 Å². The van der Waals surface area contributed by atoms with Gasteiger partial charge in [0.05, 0.1) is 17.7 Å². The Morgan fingerprint density at radius 3 is 2.79 bits per heavy atom. The molecule has 1 aromatic heterocycles. The van der Waals surface area contributed by atoms with Crippen LogP contribution in [0.5, 0.6) is 0 Å². The van der Waals surface area contributed by atoms with E-state index in [9.17, 15) is 4.39 Å². The van der Waals surface area contributed by atoms with Crippen molar-refractivity contribution in [2.45, 2.75) is 12.2 Å². The van der Waals surface area contributed by atoms with E-state index in [1.165, 1.54) is 0 Å². The second-order valence-corrected chi connectivity index (χ2v) is 5.24. The van der Waals surface area contributed by atoms with Gasteiger partial charge in [0.25, 0.3) is 0 Å². The highest BCUT2D eigenvalue weighted by atomic mass is 32.1. The van der Waals surface area contributed by atoms with E-state index >= 15 is 0 Å². The predicted molar refractivity (Wildman–Crippen MR) is 77.5 cm³/mol. The van der Waals surface area contributed by atoms with E-state index in [1.54, 1.807) is 17.0 Å². The van der Waals surface area contributed by atoms with Crippen LogP contribution >= 0.6 is 12.6 Å². The molecule has 0 bridgehead atoms. The Labute approximate surface area is 116 Å². The molecule has 0 N–H and O–H groups in total. The molecule has 0 saturated heterocycles. The maximum absolute atomic E-state index is 14.2. The average Bonchev–Trinajstić information content (AvgIpc) is 2.80. The summed E-state index contributed by atoms with van der Waals surface area (Å²) in [5, 5.41) is -0.0701. The van der Waals surface area contributed by atoms with Crippen LogP contribution in [0.3, 0.4) is 0 Å². The van der Waals surface area contributed by atoms with E-state index in [2.05, 4.69) is 17.6 Å². The number of benzene rings is 1. The van der Waals surface area contributed by atoms with E-state index in [-0.39, 0.29) is 11.1 Å². The van der Waals surface area contributed by atoms with Crippen LogP contribution in [0, 0.1) is 12.7 Å². The van der Waals surface area contributed by atoms with Crippen molar-refractivity contribution in [3.8, 4) is 5.69 Å². The minimum atomic E-state index is -0.265. The zero-order chi connectivity index (χ0) is 13.6. The lowest BCUT2D eigenvalue weighted by Gasteiger charge is -2.26. The highest BCUT2D eigenvalue weighted by molar-refractivity contribution is 7.80. The highest BCUT2D eigenvalue weighted by Crippen LogP contribution is 2.37. The number of hydrogen-bond donors (Lipinski definition) is 1. The molecule has 2 aromatic rings. The van der Waals surface area contributed by atoms with Crippen molar-refractivity contribution in [1.29, 1.82) is 0 Å². The molecule has 0 aliphatic carbocycles. The smallest absolute Gasteiger partial charge is 0.147 e. The number of fused-ring (bicyclic) bond motifs is 1. The summed E-state index contributed by atoms with van der Waals surface area (Å²) in [5.41, 5.74) is 3.20. The van der Waals surface area contributed by atoms with Gasteiger partial charge in [-0.25, -0.2) is 9.37 Å². The summed E-state index contributed by atoms with van der Waals surface area (Å²) in [6.07, 6.45) is 7.31. The van der Waals surface area contributed by atoms with Gasteiger partial charge in [0.2, 0.25) is 0 Å². The van der Waals surface area contributed by atoms with Crippen molar-refractivity contribution in [3.63, 3.8) is 0 Å². The van der Waals surface area contributed by atoms with Gasteiger partial charge < -0.3 is 9.47 Å². The lowest BCUT2D eigenvalue weighted by Crippen LogP contribution is -2.16. The Morgan fingerprint density at radius 1 is 1.32 bits per heavy atom. The molecule has 19 heavy (non-hydrogen) atoms. The highest BCUT2D eigenvalue weighted by Gasteiger charge is 2.20. The quantitative estimate of drug-likeness (QED) is 0.807. The Morgan fingerprint density at radius 2 is 2.11 bits per heavy atom. The molecule has 3 nitrogen and oxygen atoms in total. The summed E-state index contributed by atoms with van der Waals surface area (Å²) < 4.78 is 15.9. The zero-order valence-corrected chi connectivity index (χ0v) is 11.6. The van der Waals surface area contributed by atoms with E-state index in [4.69, 9.17) is 0 Å². The molecular formula is C14H14FN3S. The Kier molecular flexibility index (Phi) is 2.86. The summed E-state index contributed by atoms with van der Waals surface area (Å²) in [5.74, 6) is -0.265. The number of rotatable bonds is 1. The monoisotopic (exact) mass is 275 g/mol. The van der Waals surface area contributed by atoms with Gasteiger partial charge in [-0.1, -0.05) is 6.08 Å². The van der Waals surface area contributed by atoms with E-state index in [1.807, 2.05) is 43.4 Å². The van der Waals surface area contributed by atoms with Crippen molar-refractivity contribution < 1.29 is 4.39 Å². The van der Waals surface area contributed by atoms with Gasteiger partial charge in [-0.3, -0.25) is 0 Å². The van der Waals surface area contributed by atoms with Gasteiger partial charge in [0, 0.05) is 30.4 Å². The number of imidazole rings is 1. The Bertz CT molecular complexity index is 663. The van der Waals surface area contributed by atoms with Gasteiger partial charge in [0.15, 0.2) is 0 Å².